The van der Waals surface area contributed by atoms with Crippen LogP contribution >= 0.6 is 15.9 Å². The molecule has 0 amide bonds. The van der Waals surface area contributed by atoms with Gasteiger partial charge in [0.05, 0.1) is 5.33 Å². The van der Waals surface area contributed by atoms with Crippen molar-refractivity contribution in [3.63, 3.8) is 0 Å². The zero-order valence-corrected chi connectivity index (χ0v) is 10.4. The lowest BCUT2D eigenvalue weighted by molar-refractivity contribution is -0.141. The fraction of sp³-hybridized carbons (Fsp3) is 0.400. The summed E-state index contributed by atoms with van der Waals surface area (Å²) in [5, 5.41) is 0.0695. The summed E-state index contributed by atoms with van der Waals surface area (Å²) in [5.41, 5.74) is -0.835. The first-order valence-corrected chi connectivity index (χ1v) is 5.69. The van der Waals surface area contributed by atoms with Crippen LogP contribution in [0.15, 0.2) is 18.3 Å². The molecule has 0 N–H and O–H groups in total. The molecule has 0 saturated carbocycles. The van der Waals surface area contributed by atoms with E-state index in [1.165, 1.54) is 0 Å². The number of carbonyl (C=O) groups is 1. The van der Waals surface area contributed by atoms with Crippen LogP contribution in [0.25, 0.3) is 0 Å². The predicted octanol–water partition coefficient (Wildman–Crippen LogP) is 3.70. The van der Waals surface area contributed by atoms with Crippen LogP contribution in [0.5, 0.6) is 0 Å². The molecule has 90 valence electrons. The first-order chi connectivity index (χ1) is 7.45. The van der Waals surface area contributed by atoms with Gasteiger partial charge in [0.25, 0.3) is 0 Å². The molecule has 1 aromatic rings. The monoisotopic (exact) mass is 297 g/mol. The number of nitrogens with zero attached hydrogens (tertiary/aromatic N) is 1. The molecule has 0 bridgehead atoms. The van der Waals surface area contributed by atoms with Crippen LogP contribution in [0.1, 0.15) is 29.9 Å². The molecule has 0 atom stereocenters. The van der Waals surface area contributed by atoms with Crippen LogP contribution in [-0.2, 0) is 6.18 Å². The fourth-order valence-corrected chi connectivity index (χ4v) is 1.13. The van der Waals surface area contributed by atoms with Crippen molar-refractivity contribution in [2.24, 2.45) is 0 Å². The zero-order chi connectivity index (χ0) is 12.8. The average Bonchev–Trinajstić information content (AvgIpc) is 2.30. The molecule has 16 heavy (non-hydrogen) atoms. The lowest BCUT2D eigenvalue weighted by atomic mass is 10.2. The van der Waals surface area contributed by atoms with Gasteiger partial charge in [0.15, 0.2) is 5.78 Å². The zero-order valence-electron chi connectivity index (χ0n) is 8.81. The molecule has 2 nitrogen and oxygen atoms in total. The van der Waals surface area contributed by atoms with Crippen LogP contribution in [0, 0.1) is 0 Å². The number of Topliss-reactive ketones (excluding diaryl/α,β-unsaturated/α-hetero) is 1. The van der Waals surface area contributed by atoms with Gasteiger partial charge >= 0.3 is 6.18 Å². The maximum absolute atomic E-state index is 12.0. The number of rotatable bonds is 2. The Morgan fingerprint density at radius 3 is 2.25 bits per heavy atom. The lowest BCUT2D eigenvalue weighted by Gasteiger charge is -2.05. The van der Waals surface area contributed by atoms with Gasteiger partial charge in [-0.1, -0.05) is 29.8 Å². The Morgan fingerprint density at radius 1 is 1.38 bits per heavy atom. The minimum absolute atomic E-state index is 0.0695. The maximum atomic E-state index is 12.0. The van der Waals surface area contributed by atoms with Gasteiger partial charge in [0.2, 0.25) is 0 Å². The van der Waals surface area contributed by atoms with Crippen LogP contribution in [0.3, 0.4) is 0 Å². The lowest BCUT2D eigenvalue weighted by Crippen LogP contribution is -2.09. The summed E-state index contributed by atoms with van der Waals surface area (Å²) >= 11 is 2.91. The highest BCUT2D eigenvalue weighted by Crippen LogP contribution is 2.27. The third-order valence-electron chi connectivity index (χ3n) is 1.50. The summed E-state index contributed by atoms with van der Waals surface area (Å²) in [5.74, 6) is -0.300. The number of aromatic nitrogens is 1. The summed E-state index contributed by atoms with van der Waals surface area (Å²) in [4.78, 5) is 14.2. The van der Waals surface area contributed by atoms with E-state index in [-0.39, 0.29) is 16.7 Å². The van der Waals surface area contributed by atoms with Crippen molar-refractivity contribution < 1.29 is 18.0 Å². The van der Waals surface area contributed by atoms with Gasteiger partial charge < -0.3 is 0 Å². The van der Waals surface area contributed by atoms with Gasteiger partial charge in [-0.15, -0.1) is 0 Å². The van der Waals surface area contributed by atoms with E-state index in [0.29, 0.717) is 0 Å². The largest absolute Gasteiger partial charge is 0.433 e. The minimum atomic E-state index is -4.46. The van der Waals surface area contributed by atoms with Crippen LogP contribution in [0.4, 0.5) is 13.2 Å². The molecule has 0 aromatic carbocycles. The quantitative estimate of drug-likeness (QED) is 0.615. The minimum Gasteiger partial charge on any atom is -0.293 e. The van der Waals surface area contributed by atoms with E-state index in [0.717, 1.165) is 18.3 Å². The van der Waals surface area contributed by atoms with E-state index in [4.69, 9.17) is 0 Å². The number of halogens is 4. The molecule has 1 rings (SSSR count). The van der Waals surface area contributed by atoms with E-state index in [1.807, 2.05) is 13.8 Å². The molecule has 0 saturated heterocycles. The molecule has 1 heterocycles. The van der Waals surface area contributed by atoms with Crippen molar-refractivity contribution in [2.75, 3.05) is 5.33 Å². The highest BCUT2D eigenvalue weighted by molar-refractivity contribution is 9.09. The third-order valence-corrected chi connectivity index (χ3v) is 2.01. The van der Waals surface area contributed by atoms with Crippen molar-refractivity contribution in [3.8, 4) is 0 Å². The molecule has 6 heteroatoms. The van der Waals surface area contributed by atoms with Gasteiger partial charge in [-0.25, -0.2) is 0 Å². The number of carbonyl (C=O) groups excluding carboxylic acids is 1. The molecule has 0 spiro atoms. The molecular weight excluding hydrogens is 287 g/mol. The van der Waals surface area contributed by atoms with Gasteiger partial charge in [0.1, 0.15) is 5.69 Å². The number of hydrogen-bond acceptors (Lipinski definition) is 2. The predicted molar refractivity (Wildman–Crippen MR) is 58.7 cm³/mol. The maximum Gasteiger partial charge on any atom is 0.433 e. The van der Waals surface area contributed by atoms with E-state index < -0.39 is 11.9 Å². The molecule has 0 unspecified atom stereocenters. The Bertz CT molecular complexity index is 335. The van der Waals surface area contributed by atoms with Crippen molar-refractivity contribution in [1.29, 1.82) is 0 Å². The molecule has 0 aliphatic carbocycles. The standard InChI is InChI=1S/C8H5BrF3NO.C2H6/c9-3-6(14)5-1-2-7(13-4-5)8(10,11)12;1-2/h1-2,4H,3H2;1-2H3. The number of ketones is 1. The molecule has 0 fully saturated rings. The van der Waals surface area contributed by atoms with Gasteiger partial charge in [-0.3, -0.25) is 9.78 Å². The summed E-state index contributed by atoms with van der Waals surface area (Å²) in [6.07, 6.45) is -3.54. The van der Waals surface area contributed by atoms with Gasteiger partial charge in [-0.05, 0) is 12.1 Å². The second-order valence-electron chi connectivity index (χ2n) is 2.49. The van der Waals surface area contributed by atoms with Crippen LogP contribution in [0.2, 0.25) is 0 Å². The Balaban J connectivity index is 0.00000106. The normalized spacial score (nSPS) is 10.4. The summed E-state index contributed by atoms with van der Waals surface area (Å²) in [7, 11) is 0. The van der Waals surface area contributed by atoms with E-state index in [1.54, 1.807) is 0 Å². The van der Waals surface area contributed by atoms with Gasteiger partial charge in [-0.2, -0.15) is 13.2 Å². The smallest absolute Gasteiger partial charge is 0.293 e. The van der Waals surface area contributed by atoms with E-state index in [9.17, 15) is 18.0 Å². The average molecular weight is 298 g/mol. The number of pyridine rings is 1. The Morgan fingerprint density at radius 2 is 1.94 bits per heavy atom. The highest BCUT2D eigenvalue weighted by Gasteiger charge is 2.32. The van der Waals surface area contributed by atoms with E-state index in [2.05, 4.69) is 20.9 Å². The first-order valence-electron chi connectivity index (χ1n) is 4.57. The Labute approximate surface area is 100 Å². The molecule has 1 aromatic heterocycles. The highest BCUT2D eigenvalue weighted by atomic mass is 79.9. The molecule has 0 aliphatic rings. The van der Waals surface area contributed by atoms with Crippen LogP contribution in [-0.4, -0.2) is 16.1 Å². The second kappa shape index (κ2) is 6.62. The number of alkyl halides is 4. The first kappa shape index (κ1) is 15.1. The second-order valence-corrected chi connectivity index (χ2v) is 3.05. The fourth-order valence-electron chi connectivity index (χ4n) is 0.804. The molecule has 0 aliphatic heterocycles. The van der Waals surface area contributed by atoms with Crippen molar-refractivity contribution in [1.82, 2.24) is 4.98 Å². The SMILES string of the molecule is CC.O=C(CBr)c1ccc(C(F)(F)F)nc1. The summed E-state index contributed by atoms with van der Waals surface area (Å²) < 4.78 is 36.1. The van der Waals surface area contributed by atoms with Crippen LogP contribution < -0.4 is 0 Å². The topological polar surface area (TPSA) is 30.0 Å². The summed E-state index contributed by atoms with van der Waals surface area (Å²) in [6, 6.07) is 1.90. The van der Waals surface area contributed by atoms with Crippen molar-refractivity contribution >= 4 is 21.7 Å². The van der Waals surface area contributed by atoms with Crippen molar-refractivity contribution in [2.45, 2.75) is 20.0 Å². The van der Waals surface area contributed by atoms with Crippen molar-refractivity contribution in [3.05, 3.63) is 29.6 Å². The third kappa shape index (κ3) is 4.30. The number of hydrogen-bond donors (Lipinski definition) is 0. The summed E-state index contributed by atoms with van der Waals surface area (Å²) in [6.45, 7) is 4.00. The molecule has 0 radical (unpaired) electrons. The van der Waals surface area contributed by atoms with Gasteiger partial charge in [0, 0.05) is 11.8 Å². The molecular formula is C10H11BrF3NO. The Kier molecular flexibility index (Phi) is 6.25. The Hall–Kier alpha value is -0.910. The van der Waals surface area contributed by atoms with E-state index >= 15 is 0 Å².